The molecular formula is C25H28N4O5S2. The van der Waals surface area contributed by atoms with Gasteiger partial charge in [-0.2, -0.15) is 0 Å². The van der Waals surface area contributed by atoms with E-state index in [1.54, 1.807) is 43.6 Å². The third kappa shape index (κ3) is 4.56. The van der Waals surface area contributed by atoms with E-state index >= 15 is 0 Å². The number of benzene rings is 2. The van der Waals surface area contributed by atoms with E-state index in [2.05, 4.69) is 9.97 Å². The van der Waals surface area contributed by atoms with Crippen molar-refractivity contribution in [1.29, 1.82) is 0 Å². The molecule has 0 bridgehead atoms. The lowest BCUT2D eigenvalue weighted by Crippen LogP contribution is -2.18. The van der Waals surface area contributed by atoms with Gasteiger partial charge in [0.2, 0.25) is 5.16 Å². The van der Waals surface area contributed by atoms with Crippen molar-refractivity contribution in [3.05, 3.63) is 65.5 Å². The first-order valence-electron chi connectivity index (χ1n) is 11.1. The van der Waals surface area contributed by atoms with E-state index in [9.17, 15) is 12.6 Å². The minimum absolute atomic E-state index is 0.0297. The summed E-state index contributed by atoms with van der Waals surface area (Å²) < 4.78 is 53.2. The van der Waals surface area contributed by atoms with Crippen LogP contribution in [0.1, 0.15) is 16.8 Å². The summed E-state index contributed by atoms with van der Waals surface area (Å²) in [6, 6.07) is 11.4. The zero-order chi connectivity index (χ0) is 26.2. The molecule has 190 valence electrons. The number of pyridine rings is 1. The summed E-state index contributed by atoms with van der Waals surface area (Å²) in [6.45, 7) is 3.71. The van der Waals surface area contributed by atoms with E-state index in [0.29, 0.717) is 28.2 Å². The Morgan fingerprint density at radius 1 is 1.03 bits per heavy atom. The number of hydrogen-bond acceptors (Lipinski definition) is 8. The molecule has 1 unspecified atom stereocenters. The van der Waals surface area contributed by atoms with Gasteiger partial charge in [-0.05, 0) is 50.2 Å². The molecule has 0 spiro atoms. The van der Waals surface area contributed by atoms with Crippen LogP contribution in [0.3, 0.4) is 0 Å². The lowest BCUT2D eigenvalue weighted by molar-refractivity contribution is 0.407. The summed E-state index contributed by atoms with van der Waals surface area (Å²) in [6.07, 6.45) is 1.65. The average Bonchev–Trinajstić information content (AvgIpc) is 3.26. The van der Waals surface area contributed by atoms with Gasteiger partial charge in [0.25, 0.3) is 10.0 Å². The highest BCUT2D eigenvalue weighted by Gasteiger charge is 2.28. The van der Waals surface area contributed by atoms with Crippen molar-refractivity contribution in [2.24, 2.45) is 0 Å². The lowest BCUT2D eigenvalue weighted by atomic mass is 10.1. The molecule has 11 heteroatoms. The molecule has 36 heavy (non-hydrogen) atoms. The molecule has 2 heterocycles. The highest BCUT2D eigenvalue weighted by atomic mass is 32.2. The Labute approximate surface area is 213 Å². The van der Waals surface area contributed by atoms with Crippen LogP contribution in [0.15, 0.2) is 58.7 Å². The molecule has 2 aromatic carbocycles. The third-order valence-electron chi connectivity index (χ3n) is 5.90. The Morgan fingerprint density at radius 3 is 2.33 bits per heavy atom. The van der Waals surface area contributed by atoms with Gasteiger partial charge in [-0.3, -0.25) is 9.19 Å². The molecule has 0 fully saturated rings. The average molecular weight is 529 g/mol. The zero-order valence-electron chi connectivity index (χ0n) is 21.0. The summed E-state index contributed by atoms with van der Waals surface area (Å²) in [5.41, 5.74) is 3.66. The molecule has 0 aliphatic heterocycles. The van der Waals surface area contributed by atoms with Crippen molar-refractivity contribution < 1.29 is 22.1 Å². The van der Waals surface area contributed by atoms with Crippen LogP contribution in [0.2, 0.25) is 0 Å². The van der Waals surface area contributed by atoms with Crippen LogP contribution in [0.4, 0.5) is 5.69 Å². The maximum atomic E-state index is 13.8. The summed E-state index contributed by atoms with van der Waals surface area (Å²) in [4.78, 5) is 10.8. The van der Waals surface area contributed by atoms with Crippen LogP contribution in [-0.2, 0) is 26.6 Å². The van der Waals surface area contributed by atoms with E-state index in [1.165, 1.54) is 19.2 Å². The number of imidazole rings is 1. The van der Waals surface area contributed by atoms with Gasteiger partial charge in [-0.25, -0.2) is 17.4 Å². The van der Waals surface area contributed by atoms with Crippen LogP contribution < -0.4 is 14.4 Å². The first-order valence-corrected chi connectivity index (χ1v) is 13.8. The number of anilines is 1. The van der Waals surface area contributed by atoms with Gasteiger partial charge < -0.3 is 14.4 Å². The van der Waals surface area contributed by atoms with Gasteiger partial charge in [0.05, 0.1) is 52.4 Å². The standard InChI is InChI=1S/C25H28N4O5S2/c1-16-14-26-22(17(2)24(16)34-6)15-35(30)25-27-21-13-19(33-5)9-12-23(21)29(25)36(31,32)20-10-7-18(8-11-20)28(3)4/h7-14H,15H2,1-6H3. The number of hydrogen-bond donors (Lipinski definition) is 0. The third-order valence-corrected chi connectivity index (χ3v) is 8.95. The van der Waals surface area contributed by atoms with Crippen molar-refractivity contribution in [2.45, 2.75) is 29.7 Å². The van der Waals surface area contributed by atoms with Gasteiger partial charge in [-0.1, -0.05) is 0 Å². The number of ether oxygens (including phenoxy) is 2. The fourth-order valence-electron chi connectivity index (χ4n) is 3.95. The minimum atomic E-state index is -4.13. The van der Waals surface area contributed by atoms with Gasteiger partial charge in [0, 0.05) is 43.2 Å². The number of aromatic nitrogens is 3. The second-order valence-corrected chi connectivity index (χ2v) is 11.6. The molecule has 0 aliphatic rings. The SMILES string of the molecule is COc1ccc2c(c1)nc(S(=O)Cc1ncc(C)c(OC)c1C)n2S(=O)(=O)c1ccc(N(C)C)cc1. The number of rotatable bonds is 8. The van der Waals surface area contributed by atoms with Gasteiger partial charge >= 0.3 is 0 Å². The molecule has 0 saturated carbocycles. The summed E-state index contributed by atoms with van der Waals surface area (Å²) >= 11 is 0. The lowest BCUT2D eigenvalue weighted by Gasteiger charge is -2.15. The predicted molar refractivity (Wildman–Crippen MR) is 140 cm³/mol. The molecule has 4 aromatic rings. The molecule has 2 aromatic heterocycles. The molecular weight excluding hydrogens is 500 g/mol. The normalized spacial score (nSPS) is 12.5. The molecule has 1 atom stereocenters. The van der Waals surface area contributed by atoms with Crippen LogP contribution in [0.25, 0.3) is 11.0 Å². The summed E-state index contributed by atoms with van der Waals surface area (Å²) in [5, 5.41) is -0.0873. The number of nitrogens with zero attached hydrogens (tertiary/aromatic N) is 4. The van der Waals surface area contributed by atoms with Crippen molar-refractivity contribution in [1.82, 2.24) is 13.9 Å². The van der Waals surface area contributed by atoms with Crippen LogP contribution >= 0.6 is 0 Å². The van der Waals surface area contributed by atoms with Crippen LogP contribution in [-0.4, -0.2) is 54.9 Å². The minimum Gasteiger partial charge on any atom is -0.497 e. The van der Waals surface area contributed by atoms with E-state index in [0.717, 1.165) is 20.8 Å². The second kappa shape index (κ2) is 9.90. The molecule has 0 N–H and O–H groups in total. The Balaban J connectivity index is 1.87. The van der Waals surface area contributed by atoms with Crippen molar-refractivity contribution in [2.75, 3.05) is 33.2 Å². The van der Waals surface area contributed by atoms with E-state index < -0.39 is 20.8 Å². The molecule has 0 aliphatic carbocycles. The molecule has 0 amide bonds. The topological polar surface area (TPSA) is 104 Å². The van der Waals surface area contributed by atoms with E-state index in [1.807, 2.05) is 32.8 Å². The largest absolute Gasteiger partial charge is 0.497 e. The zero-order valence-corrected chi connectivity index (χ0v) is 22.6. The highest BCUT2D eigenvalue weighted by Crippen LogP contribution is 2.30. The molecule has 0 saturated heterocycles. The molecule has 0 radical (unpaired) electrons. The number of fused-ring (bicyclic) bond motifs is 1. The highest BCUT2D eigenvalue weighted by molar-refractivity contribution is 7.91. The van der Waals surface area contributed by atoms with Crippen molar-refractivity contribution in [3.8, 4) is 11.5 Å². The smallest absolute Gasteiger partial charge is 0.270 e. The first-order chi connectivity index (χ1) is 17.1. The summed E-state index contributed by atoms with van der Waals surface area (Å²) in [5.74, 6) is 1.14. The predicted octanol–water partition coefficient (Wildman–Crippen LogP) is 3.68. The number of aryl methyl sites for hydroxylation is 1. The molecule has 9 nitrogen and oxygen atoms in total. The Hall–Kier alpha value is -3.44. The van der Waals surface area contributed by atoms with Gasteiger partial charge in [0.1, 0.15) is 11.5 Å². The Bertz CT molecular complexity index is 1560. The fraction of sp³-hybridized carbons (Fsp3) is 0.280. The molecule has 4 rings (SSSR count). The van der Waals surface area contributed by atoms with E-state index in [-0.39, 0.29) is 15.8 Å². The van der Waals surface area contributed by atoms with Crippen molar-refractivity contribution >= 4 is 37.5 Å². The maximum Gasteiger partial charge on any atom is 0.270 e. The summed E-state index contributed by atoms with van der Waals surface area (Å²) in [7, 11) is 0.859. The maximum absolute atomic E-state index is 13.8. The quantitative estimate of drug-likeness (QED) is 0.341. The monoisotopic (exact) mass is 528 g/mol. The fourth-order valence-corrected chi connectivity index (χ4v) is 6.99. The van der Waals surface area contributed by atoms with Crippen molar-refractivity contribution in [3.63, 3.8) is 0 Å². The first kappa shape index (κ1) is 25.6. The van der Waals surface area contributed by atoms with Crippen LogP contribution in [0, 0.1) is 13.8 Å². The Morgan fingerprint density at radius 2 is 1.72 bits per heavy atom. The number of methoxy groups -OCH3 is 2. The second-order valence-electron chi connectivity index (χ2n) is 8.44. The van der Waals surface area contributed by atoms with Crippen LogP contribution in [0.5, 0.6) is 11.5 Å². The van der Waals surface area contributed by atoms with E-state index in [4.69, 9.17) is 9.47 Å². The van der Waals surface area contributed by atoms with Gasteiger partial charge in [0.15, 0.2) is 0 Å². The van der Waals surface area contributed by atoms with Gasteiger partial charge in [-0.15, -0.1) is 0 Å². The Kier molecular flexibility index (Phi) is 7.05.